The highest BCUT2D eigenvalue weighted by atomic mass is 32.2. The van der Waals surface area contributed by atoms with E-state index in [4.69, 9.17) is 9.84 Å². The number of thiophene rings is 1. The summed E-state index contributed by atoms with van der Waals surface area (Å²) in [5, 5.41) is 10.6. The molecule has 2 N–H and O–H groups in total. The molecule has 0 amide bonds. The third kappa shape index (κ3) is 4.00. The van der Waals surface area contributed by atoms with E-state index in [-0.39, 0.29) is 23.5 Å². The van der Waals surface area contributed by atoms with Crippen molar-refractivity contribution in [2.75, 3.05) is 32.8 Å². The lowest BCUT2D eigenvalue weighted by Gasteiger charge is -2.32. The molecule has 2 rings (SSSR count). The van der Waals surface area contributed by atoms with E-state index in [9.17, 15) is 8.42 Å². The third-order valence-electron chi connectivity index (χ3n) is 3.25. The summed E-state index contributed by atoms with van der Waals surface area (Å²) in [6.45, 7) is 5.41. The zero-order chi connectivity index (χ0) is 14.6. The molecule has 1 aromatic heterocycles. The Labute approximate surface area is 123 Å². The van der Waals surface area contributed by atoms with E-state index in [1.54, 1.807) is 5.38 Å². The number of hydrogen-bond acceptors (Lipinski definition) is 6. The first-order valence-corrected chi connectivity index (χ1v) is 8.93. The summed E-state index contributed by atoms with van der Waals surface area (Å²) in [4.78, 5) is 2.23. The highest BCUT2D eigenvalue weighted by molar-refractivity contribution is 7.91. The number of likely N-dealkylation sites (N-methyl/N-ethyl adjacent to an activating group) is 1. The van der Waals surface area contributed by atoms with Gasteiger partial charge in [-0.1, -0.05) is 6.92 Å². The van der Waals surface area contributed by atoms with Gasteiger partial charge in [0.1, 0.15) is 4.21 Å². The number of nitrogens with one attached hydrogen (secondary N) is 1. The van der Waals surface area contributed by atoms with Gasteiger partial charge in [0.05, 0.1) is 19.3 Å². The average molecular weight is 320 g/mol. The van der Waals surface area contributed by atoms with Crippen LogP contribution in [0, 0.1) is 0 Å². The minimum Gasteiger partial charge on any atom is -0.392 e. The number of nitrogens with zero attached hydrogens (tertiary/aromatic N) is 1. The molecule has 0 aliphatic carbocycles. The summed E-state index contributed by atoms with van der Waals surface area (Å²) in [7, 11) is -3.51. The van der Waals surface area contributed by atoms with Crippen LogP contribution in [0.2, 0.25) is 0 Å². The van der Waals surface area contributed by atoms with Crippen molar-refractivity contribution in [2.45, 2.75) is 23.8 Å². The number of sulfonamides is 1. The molecule has 0 aromatic carbocycles. The van der Waals surface area contributed by atoms with Gasteiger partial charge in [0.2, 0.25) is 10.0 Å². The molecule has 1 atom stereocenters. The highest BCUT2D eigenvalue weighted by Crippen LogP contribution is 2.20. The van der Waals surface area contributed by atoms with Crippen molar-refractivity contribution >= 4 is 21.4 Å². The van der Waals surface area contributed by atoms with Crippen molar-refractivity contribution in [2.24, 2.45) is 0 Å². The molecular formula is C12H20N2O4S2. The first kappa shape index (κ1) is 15.9. The minimum atomic E-state index is -3.51. The third-order valence-corrected chi connectivity index (χ3v) is 6.16. The maximum Gasteiger partial charge on any atom is 0.250 e. The normalized spacial score (nSPS) is 21.2. The van der Waals surface area contributed by atoms with Gasteiger partial charge in [0.15, 0.2) is 0 Å². The van der Waals surface area contributed by atoms with Crippen molar-refractivity contribution < 1.29 is 18.3 Å². The van der Waals surface area contributed by atoms with Crippen molar-refractivity contribution in [1.82, 2.24) is 9.62 Å². The molecule has 6 nitrogen and oxygen atoms in total. The van der Waals surface area contributed by atoms with Crippen LogP contribution >= 0.6 is 11.3 Å². The maximum atomic E-state index is 12.1. The van der Waals surface area contributed by atoms with Crippen molar-refractivity contribution in [1.29, 1.82) is 0 Å². The standard InChI is InChI=1S/C12H20N2O4S2/c1-2-14-3-4-18-11(7-14)6-13-20(16,17)12-5-10(8-15)9-19-12/h5,9,11,13,15H,2-4,6-8H2,1H3. The second-order valence-electron chi connectivity index (χ2n) is 4.67. The second-order valence-corrected chi connectivity index (χ2v) is 7.58. The Hall–Kier alpha value is -0.510. The van der Waals surface area contributed by atoms with Crippen molar-refractivity contribution in [3.8, 4) is 0 Å². The Kier molecular flexibility index (Phi) is 5.53. The molecule has 1 aromatic rings. The Morgan fingerprint density at radius 3 is 3.05 bits per heavy atom. The van der Waals surface area contributed by atoms with Gasteiger partial charge in [0, 0.05) is 19.6 Å². The molecule has 1 aliphatic heterocycles. The maximum absolute atomic E-state index is 12.1. The van der Waals surface area contributed by atoms with Crippen LogP contribution in [0.15, 0.2) is 15.7 Å². The molecule has 8 heteroatoms. The van der Waals surface area contributed by atoms with E-state index in [0.29, 0.717) is 12.2 Å². The number of aliphatic hydroxyl groups excluding tert-OH is 1. The zero-order valence-electron chi connectivity index (χ0n) is 11.4. The fraction of sp³-hybridized carbons (Fsp3) is 0.667. The number of ether oxygens (including phenoxy) is 1. The monoisotopic (exact) mass is 320 g/mol. The molecule has 0 saturated carbocycles. The molecule has 0 bridgehead atoms. The van der Waals surface area contributed by atoms with Crippen LogP contribution in [0.1, 0.15) is 12.5 Å². The van der Waals surface area contributed by atoms with Crippen LogP contribution in [-0.4, -0.2) is 57.3 Å². The van der Waals surface area contributed by atoms with E-state index in [1.165, 1.54) is 6.07 Å². The second kappa shape index (κ2) is 6.97. The lowest BCUT2D eigenvalue weighted by molar-refractivity contribution is -0.0229. The Bertz CT molecular complexity index is 529. The predicted octanol–water partition coefficient (Wildman–Crippen LogP) is 0.239. The van der Waals surface area contributed by atoms with Gasteiger partial charge in [-0.2, -0.15) is 0 Å². The van der Waals surface area contributed by atoms with E-state index in [1.807, 2.05) is 0 Å². The molecule has 20 heavy (non-hydrogen) atoms. The highest BCUT2D eigenvalue weighted by Gasteiger charge is 2.23. The Morgan fingerprint density at radius 1 is 1.60 bits per heavy atom. The van der Waals surface area contributed by atoms with Gasteiger partial charge in [-0.3, -0.25) is 4.90 Å². The summed E-state index contributed by atoms with van der Waals surface area (Å²) < 4.78 is 32.6. The Balaban J connectivity index is 1.92. The molecule has 0 spiro atoms. The van der Waals surface area contributed by atoms with Gasteiger partial charge in [-0.25, -0.2) is 13.1 Å². The molecule has 114 valence electrons. The fourth-order valence-electron chi connectivity index (χ4n) is 2.04. The van der Waals surface area contributed by atoms with Crippen LogP contribution in [0.25, 0.3) is 0 Å². The summed E-state index contributed by atoms with van der Waals surface area (Å²) in [6, 6.07) is 1.49. The largest absolute Gasteiger partial charge is 0.392 e. The number of hydrogen-bond donors (Lipinski definition) is 2. The molecular weight excluding hydrogens is 300 g/mol. The first-order chi connectivity index (χ1) is 9.55. The summed E-state index contributed by atoms with van der Waals surface area (Å²) in [6.07, 6.45) is -0.115. The van der Waals surface area contributed by atoms with Crippen molar-refractivity contribution in [3.63, 3.8) is 0 Å². The molecule has 2 heterocycles. The number of morpholine rings is 1. The van der Waals surface area contributed by atoms with Crippen molar-refractivity contribution in [3.05, 3.63) is 17.0 Å². The SMILES string of the molecule is CCN1CCOC(CNS(=O)(=O)c2cc(CO)cs2)C1. The van der Waals surface area contributed by atoms with E-state index in [0.717, 1.165) is 31.0 Å². The van der Waals surface area contributed by atoms with E-state index < -0.39 is 10.0 Å². The van der Waals surface area contributed by atoms with Gasteiger partial charge < -0.3 is 9.84 Å². The molecule has 0 radical (unpaired) electrons. The topological polar surface area (TPSA) is 78.9 Å². The van der Waals surface area contributed by atoms with E-state index >= 15 is 0 Å². The molecule has 1 aliphatic rings. The van der Waals surface area contributed by atoms with Crippen LogP contribution in [0.4, 0.5) is 0 Å². The zero-order valence-corrected chi connectivity index (χ0v) is 13.0. The molecule has 1 saturated heterocycles. The van der Waals surface area contributed by atoms with Gasteiger partial charge >= 0.3 is 0 Å². The predicted molar refractivity (Wildman–Crippen MR) is 77.3 cm³/mol. The quantitative estimate of drug-likeness (QED) is 0.785. The van der Waals surface area contributed by atoms with Gasteiger partial charge in [-0.15, -0.1) is 11.3 Å². The molecule has 1 fully saturated rings. The van der Waals surface area contributed by atoms with Gasteiger partial charge in [0.25, 0.3) is 0 Å². The minimum absolute atomic E-state index is 0.115. The smallest absolute Gasteiger partial charge is 0.250 e. The first-order valence-electron chi connectivity index (χ1n) is 6.57. The lowest BCUT2D eigenvalue weighted by Crippen LogP contribution is -2.47. The number of rotatable bonds is 6. The average Bonchev–Trinajstić information content (AvgIpc) is 2.95. The van der Waals surface area contributed by atoms with Crippen LogP contribution < -0.4 is 4.72 Å². The van der Waals surface area contributed by atoms with Crippen LogP contribution in [-0.2, 0) is 21.4 Å². The number of aliphatic hydroxyl groups is 1. The van der Waals surface area contributed by atoms with Crippen LogP contribution in [0.3, 0.4) is 0 Å². The Morgan fingerprint density at radius 2 is 2.40 bits per heavy atom. The fourth-order valence-corrected chi connectivity index (χ4v) is 4.35. The molecule has 1 unspecified atom stereocenters. The summed E-state index contributed by atoms with van der Waals surface area (Å²) >= 11 is 1.11. The van der Waals surface area contributed by atoms with Gasteiger partial charge in [-0.05, 0) is 23.6 Å². The summed E-state index contributed by atoms with van der Waals surface area (Å²) in [5.74, 6) is 0. The van der Waals surface area contributed by atoms with Crippen LogP contribution in [0.5, 0.6) is 0 Å². The lowest BCUT2D eigenvalue weighted by atomic mass is 10.3. The summed E-state index contributed by atoms with van der Waals surface area (Å²) in [5.41, 5.74) is 0.612. The van der Waals surface area contributed by atoms with E-state index in [2.05, 4.69) is 16.5 Å².